The summed E-state index contributed by atoms with van der Waals surface area (Å²) in [5.41, 5.74) is 0.810. The summed E-state index contributed by atoms with van der Waals surface area (Å²) in [6, 6.07) is 6.39. The van der Waals surface area contributed by atoms with Gasteiger partial charge in [-0.05, 0) is 50.5 Å². The fraction of sp³-hybridized carbons (Fsp3) is 0.500. The van der Waals surface area contributed by atoms with Crippen LogP contribution in [-0.2, 0) is 19.6 Å². The predicted molar refractivity (Wildman–Crippen MR) is 88.2 cm³/mol. The predicted octanol–water partition coefficient (Wildman–Crippen LogP) is 1.05. The van der Waals surface area contributed by atoms with Gasteiger partial charge in [-0.25, -0.2) is 13.2 Å². The quantitative estimate of drug-likeness (QED) is 0.800. The zero-order chi connectivity index (χ0) is 17.3. The van der Waals surface area contributed by atoms with Crippen LogP contribution in [0.4, 0.5) is 5.69 Å². The average Bonchev–Trinajstić information content (AvgIpc) is 3.28. The van der Waals surface area contributed by atoms with E-state index in [9.17, 15) is 18.0 Å². The normalized spacial score (nSPS) is 20.5. The van der Waals surface area contributed by atoms with Gasteiger partial charge in [-0.2, -0.15) is 0 Å². The molecule has 1 heterocycles. The van der Waals surface area contributed by atoms with E-state index in [2.05, 4.69) is 5.32 Å². The number of sulfonamides is 1. The van der Waals surface area contributed by atoms with E-state index in [0.717, 1.165) is 12.8 Å². The molecule has 2 aliphatic rings. The SMILES string of the molecule is C[C@H](OC(=O)c1ccc(N2CCCS2(=O)=O)cc1)C(=O)NC1CC1. The summed E-state index contributed by atoms with van der Waals surface area (Å²) in [5, 5.41) is 2.78. The van der Waals surface area contributed by atoms with Gasteiger partial charge in [0.1, 0.15) is 0 Å². The number of esters is 1. The van der Waals surface area contributed by atoms with E-state index in [1.165, 1.54) is 23.4 Å². The van der Waals surface area contributed by atoms with Crippen LogP contribution in [0.15, 0.2) is 24.3 Å². The molecule has 1 aromatic rings. The largest absolute Gasteiger partial charge is 0.449 e. The Kier molecular flexibility index (Phi) is 4.49. The van der Waals surface area contributed by atoms with Crippen LogP contribution >= 0.6 is 0 Å². The Labute approximate surface area is 141 Å². The van der Waals surface area contributed by atoms with Gasteiger partial charge in [-0.1, -0.05) is 0 Å². The molecule has 1 N–H and O–H groups in total. The third-order valence-electron chi connectivity index (χ3n) is 4.07. The van der Waals surface area contributed by atoms with Gasteiger partial charge < -0.3 is 10.1 Å². The van der Waals surface area contributed by atoms with Crippen molar-refractivity contribution in [3.63, 3.8) is 0 Å². The highest BCUT2D eigenvalue weighted by atomic mass is 32.2. The Bertz CT molecular complexity index is 740. The molecule has 1 saturated heterocycles. The summed E-state index contributed by atoms with van der Waals surface area (Å²) >= 11 is 0. The lowest BCUT2D eigenvalue weighted by Crippen LogP contribution is -2.37. The standard InChI is InChI=1S/C16H20N2O5S/c1-11(15(19)17-13-5-6-13)23-16(20)12-3-7-14(8-4-12)18-9-2-10-24(18,21)22/h3-4,7-8,11,13H,2,5-6,9-10H2,1H3,(H,17,19)/t11-/m0/s1. The molecule has 24 heavy (non-hydrogen) atoms. The molecule has 1 aromatic carbocycles. The van der Waals surface area contributed by atoms with Gasteiger partial charge >= 0.3 is 5.97 Å². The number of ether oxygens (including phenoxy) is 1. The van der Waals surface area contributed by atoms with Crippen LogP contribution in [-0.4, -0.2) is 44.7 Å². The molecule has 0 radical (unpaired) electrons. The monoisotopic (exact) mass is 352 g/mol. The molecular weight excluding hydrogens is 332 g/mol. The third-order valence-corrected chi connectivity index (χ3v) is 5.94. The number of benzene rings is 1. The number of nitrogens with one attached hydrogen (secondary N) is 1. The van der Waals surface area contributed by atoms with Crippen LogP contribution < -0.4 is 9.62 Å². The molecule has 0 bridgehead atoms. The number of carbonyl (C=O) groups is 2. The van der Waals surface area contributed by atoms with Crippen molar-refractivity contribution in [1.82, 2.24) is 5.32 Å². The third kappa shape index (κ3) is 3.69. The minimum Gasteiger partial charge on any atom is -0.449 e. The second kappa shape index (κ2) is 6.43. The van der Waals surface area contributed by atoms with Crippen molar-refractivity contribution in [2.45, 2.75) is 38.3 Å². The summed E-state index contributed by atoms with van der Waals surface area (Å²) in [6.07, 6.45) is 1.66. The van der Waals surface area contributed by atoms with E-state index in [-0.39, 0.29) is 23.3 Å². The van der Waals surface area contributed by atoms with E-state index in [1.54, 1.807) is 12.1 Å². The summed E-state index contributed by atoms with van der Waals surface area (Å²) in [7, 11) is -3.24. The van der Waals surface area contributed by atoms with Crippen molar-refractivity contribution in [3.05, 3.63) is 29.8 Å². The van der Waals surface area contributed by atoms with Gasteiger partial charge in [0.15, 0.2) is 6.10 Å². The molecule has 7 nitrogen and oxygen atoms in total. The van der Waals surface area contributed by atoms with E-state index in [1.807, 2.05) is 0 Å². The van der Waals surface area contributed by atoms with E-state index in [4.69, 9.17) is 4.74 Å². The second-order valence-corrected chi connectivity index (χ2v) is 8.13. The van der Waals surface area contributed by atoms with Crippen LogP contribution in [0.1, 0.15) is 36.5 Å². The number of carbonyl (C=O) groups excluding carboxylic acids is 2. The van der Waals surface area contributed by atoms with E-state index >= 15 is 0 Å². The lowest BCUT2D eigenvalue weighted by atomic mass is 10.2. The minimum atomic E-state index is -3.24. The van der Waals surface area contributed by atoms with Crippen LogP contribution in [0.5, 0.6) is 0 Å². The van der Waals surface area contributed by atoms with Crippen molar-refractivity contribution < 1.29 is 22.7 Å². The first kappa shape index (κ1) is 16.8. The molecular formula is C16H20N2O5S. The van der Waals surface area contributed by atoms with Crippen molar-refractivity contribution >= 4 is 27.6 Å². The number of nitrogens with zero attached hydrogens (tertiary/aromatic N) is 1. The summed E-state index contributed by atoms with van der Waals surface area (Å²) in [6.45, 7) is 1.98. The summed E-state index contributed by atoms with van der Waals surface area (Å²) in [5.74, 6) is -0.764. The van der Waals surface area contributed by atoms with E-state index < -0.39 is 22.1 Å². The molecule has 8 heteroatoms. The maximum Gasteiger partial charge on any atom is 0.338 e. The van der Waals surface area contributed by atoms with Crippen LogP contribution in [0.3, 0.4) is 0 Å². The second-order valence-electron chi connectivity index (χ2n) is 6.12. The molecule has 1 atom stereocenters. The molecule has 0 spiro atoms. The molecule has 0 aromatic heterocycles. The first-order chi connectivity index (χ1) is 11.4. The molecule has 0 unspecified atom stereocenters. The number of hydrogen-bond donors (Lipinski definition) is 1. The Hall–Kier alpha value is -2.09. The van der Waals surface area contributed by atoms with Gasteiger partial charge in [0.25, 0.3) is 5.91 Å². The van der Waals surface area contributed by atoms with Gasteiger partial charge in [-0.3, -0.25) is 9.10 Å². The average molecular weight is 352 g/mol. The smallest absolute Gasteiger partial charge is 0.338 e. The Morgan fingerprint density at radius 3 is 2.46 bits per heavy atom. The summed E-state index contributed by atoms with van der Waals surface area (Å²) in [4.78, 5) is 23.9. The molecule has 130 valence electrons. The lowest BCUT2D eigenvalue weighted by Gasteiger charge is -2.17. The topological polar surface area (TPSA) is 92.8 Å². The lowest BCUT2D eigenvalue weighted by molar-refractivity contribution is -0.129. The maximum absolute atomic E-state index is 12.1. The minimum absolute atomic E-state index is 0.143. The van der Waals surface area contributed by atoms with Crippen molar-refractivity contribution in [2.24, 2.45) is 0 Å². The van der Waals surface area contributed by atoms with Crippen LogP contribution in [0, 0.1) is 0 Å². The van der Waals surface area contributed by atoms with Crippen LogP contribution in [0.25, 0.3) is 0 Å². The first-order valence-corrected chi connectivity index (χ1v) is 9.59. The Morgan fingerprint density at radius 1 is 1.25 bits per heavy atom. The molecule has 1 aliphatic carbocycles. The van der Waals surface area contributed by atoms with Gasteiger partial charge in [0.05, 0.1) is 17.0 Å². The van der Waals surface area contributed by atoms with Crippen LogP contribution in [0.2, 0.25) is 0 Å². The zero-order valence-electron chi connectivity index (χ0n) is 13.4. The zero-order valence-corrected chi connectivity index (χ0v) is 14.2. The number of amides is 1. The fourth-order valence-corrected chi connectivity index (χ4v) is 4.09. The van der Waals surface area contributed by atoms with Gasteiger partial charge in [0, 0.05) is 12.6 Å². The molecule has 1 amide bonds. The molecule has 1 aliphatic heterocycles. The summed E-state index contributed by atoms with van der Waals surface area (Å²) < 4.78 is 30.3. The van der Waals surface area contributed by atoms with Gasteiger partial charge in [-0.15, -0.1) is 0 Å². The number of rotatable bonds is 5. The fourth-order valence-electron chi connectivity index (χ4n) is 2.52. The molecule has 2 fully saturated rings. The van der Waals surface area contributed by atoms with E-state index in [0.29, 0.717) is 18.7 Å². The highest BCUT2D eigenvalue weighted by Gasteiger charge is 2.29. The highest BCUT2D eigenvalue weighted by Crippen LogP contribution is 2.24. The van der Waals surface area contributed by atoms with Crippen molar-refractivity contribution in [3.8, 4) is 0 Å². The number of hydrogen-bond acceptors (Lipinski definition) is 5. The maximum atomic E-state index is 12.1. The molecule has 1 saturated carbocycles. The Morgan fingerprint density at radius 2 is 1.92 bits per heavy atom. The van der Waals surface area contributed by atoms with Gasteiger partial charge in [0.2, 0.25) is 10.0 Å². The molecule has 3 rings (SSSR count). The van der Waals surface area contributed by atoms with Crippen molar-refractivity contribution in [1.29, 1.82) is 0 Å². The number of anilines is 1. The van der Waals surface area contributed by atoms with Crippen molar-refractivity contribution in [2.75, 3.05) is 16.6 Å². The first-order valence-electron chi connectivity index (χ1n) is 7.99. The highest BCUT2D eigenvalue weighted by molar-refractivity contribution is 7.93. The Balaban J connectivity index is 1.62.